The van der Waals surface area contributed by atoms with E-state index in [0.29, 0.717) is 23.7 Å². The van der Waals surface area contributed by atoms with Crippen LogP contribution in [0.2, 0.25) is 0 Å². The molecule has 1 aliphatic heterocycles. The molecule has 0 unspecified atom stereocenters. The van der Waals surface area contributed by atoms with E-state index in [9.17, 15) is 9.59 Å². The second kappa shape index (κ2) is 7.04. The van der Waals surface area contributed by atoms with Gasteiger partial charge in [0.25, 0.3) is 0 Å². The molecule has 0 atom stereocenters. The molecule has 0 bridgehead atoms. The fraction of sp³-hybridized carbons (Fsp3) is 0.222. The summed E-state index contributed by atoms with van der Waals surface area (Å²) in [6.45, 7) is 2.56. The molecule has 2 aromatic rings. The molecular formula is C18H18N2O4. The molecule has 1 aliphatic rings. The van der Waals surface area contributed by atoms with Crippen LogP contribution in [0.15, 0.2) is 42.5 Å². The normalized spacial score (nSPS) is 11.9. The van der Waals surface area contributed by atoms with Crippen molar-refractivity contribution in [2.45, 2.75) is 19.9 Å². The Labute approximate surface area is 139 Å². The third kappa shape index (κ3) is 3.84. The average molecular weight is 326 g/mol. The van der Waals surface area contributed by atoms with Crippen LogP contribution in [0, 0.1) is 6.92 Å². The minimum absolute atomic E-state index is 0.175. The van der Waals surface area contributed by atoms with Gasteiger partial charge in [-0.15, -0.1) is 0 Å². The number of hydrogen-bond acceptors (Lipinski definition) is 4. The molecule has 3 rings (SSSR count). The van der Waals surface area contributed by atoms with Crippen LogP contribution in [0.4, 0.5) is 5.69 Å². The Morgan fingerprint density at radius 1 is 1.04 bits per heavy atom. The molecule has 1 heterocycles. The van der Waals surface area contributed by atoms with Gasteiger partial charge in [-0.2, -0.15) is 0 Å². The van der Waals surface area contributed by atoms with Crippen LogP contribution in [-0.4, -0.2) is 18.6 Å². The van der Waals surface area contributed by atoms with Crippen LogP contribution in [-0.2, 0) is 16.1 Å². The number of hydrogen-bond donors (Lipinski definition) is 2. The molecule has 2 N–H and O–H groups in total. The van der Waals surface area contributed by atoms with Crippen LogP contribution in [0.3, 0.4) is 0 Å². The van der Waals surface area contributed by atoms with Crippen molar-refractivity contribution in [2.24, 2.45) is 0 Å². The van der Waals surface area contributed by atoms with Crippen molar-refractivity contribution >= 4 is 17.5 Å². The molecule has 0 aromatic heterocycles. The summed E-state index contributed by atoms with van der Waals surface area (Å²) in [5.41, 5.74) is 2.69. The molecule has 0 saturated heterocycles. The first kappa shape index (κ1) is 15.9. The number of benzene rings is 2. The lowest BCUT2D eigenvalue weighted by Gasteiger charge is -2.09. The van der Waals surface area contributed by atoms with Crippen molar-refractivity contribution in [2.75, 3.05) is 12.1 Å². The highest BCUT2D eigenvalue weighted by atomic mass is 16.7. The van der Waals surface area contributed by atoms with E-state index in [1.165, 1.54) is 0 Å². The summed E-state index contributed by atoms with van der Waals surface area (Å²) in [7, 11) is 0. The molecule has 2 amide bonds. The highest BCUT2D eigenvalue weighted by molar-refractivity contribution is 6.03. The Bertz CT molecular complexity index is 773. The summed E-state index contributed by atoms with van der Waals surface area (Å²) in [4.78, 5) is 23.9. The molecular weight excluding hydrogens is 308 g/mol. The lowest BCUT2D eigenvalue weighted by molar-refractivity contribution is -0.126. The number of carbonyl (C=O) groups is 2. The van der Waals surface area contributed by atoms with Gasteiger partial charge in [0, 0.05) is 18.3 Å². The summed E-state index contributed by atoms with van der Waals surface area (Å²) in [6.07, 6.45) is -0.236. The Kier molecular flexibility index (Phi) is 4.65. The van der Waals surface area contributed by atoms with Crippen molar-refractivity contribution in [3.63, 3.8) is 0 Å². The zero-order valence-electron chi connectivity index (χ0n) is 13.3. The summed E-state index contributed by atoms with van der Waals surface area (Å²) in [5.74, 6) is 0.522. The van der Waals surface area contributed by atoms with Crippen molar-refractivity contribution in [1.82, 2.24) is 5.32 Å². The minimum Gasteiger partial charge on any atom is -0.454 e. The van der Waals surface area contributed by atoms with Crippen LogP contribution in [0.1, 0.15) is 17.5 Å². The number of anilines is 1. The van der Waals surface area contributed by atoms with E-state index < -0.39 is 0 Å². The number of fused-ring (bicyclic) bond motifs is 1. The van der Waals surface area contributed by atoms with Gasteiger partial charge in [-0.05, 0) is 30.2 Å². The molecule has 0 radical (unpaired) electrons. The Morgan fingerprint density at radius 2 is 1.83 bits per heavy atom. The van der Waals surface area contributed by atoms with Gasteiger partial charge in [-0.3, -0.25) is 9.59 Å². The largest absolute Gasteiger partial charge is 0.454 e. The standard InChI is InChI=1S/C18H18N2O4/c1-12-4-2-3-5-13(12)10-19-17(21)9-18(22)20-14-6-7-15-16(8-14)24-11-23-15/h2-8H,9-11H2,1H3,(H,19,21)(H,20,22). The number of carbonyl (C=O) groups excluding carboxylic acids is 2. The van der Waals surface area contributed by atoms with Crippen LogP contribution in [0.25, 0.3) is 0 Å². The van der Waals surface area contributed by atoms with Gasteiger partial charge < -0.3 is 20.1 Å². The van der Waals surface area contributed by atoms with E-state index in [1.807, 2.05) is 31.2 Å². The van der Waals surface area contributed by atoms with E-state index in [2.05, 4.69) is 10.6 Å². The van der Waals surface area contributed by atoms with Crippen molar-refractivity contribution in [3.8, 4) is 11.5 Å². The van der Waals surface area contributed by atoms with E-state index in [-0.39, 0.29) is 25.0 Å². The Balaban J connectivity index is 1.49. The Morgan fingerprint density at radius 3 is 2.67 bits per heavy atom. The average Bonchev–Trinajstić information content (AvgIpc) is 3.01. The van der Waals surface area contributed by atoms with E-state index in [0.717, 1.165) is 11.1 Å². The number of nitrogens with one attached hydrogen (secondary N) is 2. The number of aryl methyl sites for hydroxylation is 1. The van der Waals surface area contributed by atoms with Gasteiger partial charge in [-0.25, -0.2) is 0 Å². The maximum Gasteiger partial charge on any atom is 0.233 e. The first-order chi connectivity index (χ1) is 11.6. The van der Waals surface area contributed by atoms with Crippen LogP contribution >= 0.6 is 0 Å². The third-order valence-electron chi connectivity index (χ3n) is 3.71. The predicted octanol–water partition coefficient (Wildman–Crippen LogP) is 2.37. The zero-order valence-corrected chi connectivity index (χ0v) is 13.3. The van der Waals surface area contributed by atoms with Crippen LogP contribution < -0.4 is 20.1 Å². The summed E-state index contributed by atoms with van der Waals surface area (Å²) in [5, 5.41) is 5.43. The zero-order chi connectivity index (χ0) is 16.9. The molecule has 0 fully saturated rings. The van der Waals surface area contributed by atoms with E-state index >= 15 is 0 Å². The second-order valence-electron chi connectivity index (χ2n) is 5.50. The van der Waals surface area contributed by atoms with Crippen molar-refractivity contribution in [3.05, 3.63) is 53.6 Å². The fourth-order valence-corrected chi connectivity index (χ4v) is 2.39. The number of rotatable bonds is 5. The molecule has 2 aromatic carbocycles. The molecule has 124 valence electrons. The van der Waals surface area contributed by atoms with E-state index in [4.69, 9.17) is 9.47 Å². The predicted molar refractivity (Wildman–Crippen MR) is 88.8 cm³/mol. The molecule has 0 spiro atoms. The first-order valence-corrected chi connectivity index (χ1v) is 7.62. The van der Waals surface area contributed by atoms with Gasteiger partial charge in [0.2, 0.25) is 18.6 Å². The van der Waals surface area contributed by atoms with E-state index in [1.54, 1.807) is 18.2 Å². The molecule has 24 heavy (non-hydrogen) atoms. The van der Waals surface area contributed by atoms with Gasteiger partial charge in [-0.1, -0.05) is 24.3 Å². The van der Waals surface area contributed by atoms with Gasteiger partial charge in [0.1, 0.15) is 6.42 Å². The summed E-state index contributed by atoms with van der Waals surface area (Å²) < 4.78 is 10.5. The topological polar surface area (TPSA) is 76.7 Å². The highest BCUT2D eigenvalue weighted by Crippen LogP contribution is 2.34. The lowest BCUT2D eigenvalue weighted by atomic mass is 10.1. The summed E-state index contributed by atoms with van der Waals surface area (Å²) in [6, 6.07) is 12.9. The SMILES string of the molecule is Cc1ccccc1CNC(=O)CC(=O)Nc1ccc2c(c1)OCO2. The minimum atomic E-state index is -0.379. The maximum atomic E-state index is 12.0. The molecule has 0 aliphatic carbocycles. The van der Waals surface area contributed by atoms with Crippen molar-refractivity contribution in [1.29, 1.82) is 0 Å². The smallest absolute Gasteiger partial charge is 0.233 e. The highest BCUT2D eigenvalue weighted by Gasteiger charge is 2.15. The molecule has 6 nitrogen and oxygen atoms in total. The summed E-state index contributed by atoms with van der Waals surface area (Å²) >= 11 is 0. The fourth-order valence-electron chi connectivity index (χ4n) is 2.39. The quantitative estimate of drug-likeness (QED) is 0.827. The monoisotopic (exact) mass is 326 g/mol. The van der Waals surface area contributed by atoms with Crippen LogP contribution in [0.5, 0.6) is 11.5 Å². The van der Waals surface area contributed by atoms with Crippen molar-refractivity contribution < 1.29 is 19.1 Å². The number of ether oxygens (including phenoxy) is 2. The van der Waals surface area contributed by atoms with Gasteiger partial charge in [0.15, 0.2) is 11.5 Å². The molecule has 6 heteroatoms. The first-order valence-electron chi connectivity index (χ1n) is 7.62. The number of amides is 2. The second-order valence-corrected chi connectivity index (χ2v) is 5.50. The lowest BCUT2D eigenvalue weighted by Crippen LogP contribution is -2.28. The Hall–Kier alpha value is -3.02. The molecule has 0 saturated carbocycles. The third-order valence-corrected chi connectivity index (χ3v) is 3.71. The van der Waals surface area contributed by atoms with Gasteiger partial charge in [0.05, 0.1) is 0 Å². The maximum absolute atomic E-state index is 12.0. The van der Waals surface area contributed by atoms with Gasteiger partial charge >= 0.3 is 0 Å².